The molecule has 0 fully saturated rings. The van der Waals surface area contributed by atoms with Crippen LogP contribution in [0.3, 0.4) is 0 Å². The van der Waals surface area contributed by atoms with Gasteiger partial charge in [-0.05, 0) is 43.3 Å². The Hall–Kier alpha value is -2.60. The number of ether oxygens (including phenoxy) is 1. The number of aromatic nitrogens is 1. The van der Waals surface area contributed by atoms with Gasteiger partial charge in [0.25, 0.3) is 0 Å². The third-order valence-corrected chi connectivity index (χ3v) is 3.29. The summed E-state index contributed by atoms with van der Waals surface area (Å²) in [6, 6.07) is 10.0. The van der Waals surface area contributed by atoms with Gasteiger partial charge in [-0.25, -0.2) is 9.78 Å². The molecule has 24 heavy (non-hydrogen) atoms. The summed E-state index contributed by atoms with van der Waals surface area (Å²) in [5, 5.41) is 6.26. The highest BCUT2D eigenvalue weighted by Gasteiger charge is 2.07. The second kappa shape index (κ2) is 8.88. The predicted molar refractivity (Wildman–Crippen MR) is 93.4 cm³/mol. The third kappa shape index (κ3) is 5.55. The predicted octanol–water partition coefficient (Wildman–Crippen LogP) is 3.35. The molecule has 0 aliphatic heterocycles. The van der Waals surface area contributed by atoms with Crippen molar-refractivity contribution in [3.63, 3.8) is 0 Å². The number of nitrogens with zero attached hydrogens (tertiary/aromatic N) is 1. The van der Waals surface area contributed by atoms with E-state index in [1.54, 1.807) is 49.5 Å². The van der Waals surface area contributed by atoms with Crippen molar-refractivity contribution in [2.75, 3.05) is 23.8 Å². The highest BCUT2D eigenvalue weighted by molar-refractivity contribution is 6.29. The second-order valence-corrected chi connectivity index (χ2v) is 5.28. The van der Waals surface area contributed by atoms with E-state index in [0.29, 0.717) is 36.0 Å². The Balaban J connectivity index is 1.78. The molecule has 0 aliphatic carbocycles. The summed E-state index contributed by atoms with van der Waals surface area (Å²) in [5.74, 6) is -0.512. The molecule has 126 valence electrons. The number of pyridine rings is 1. The fourth-order valence-electron chi connectivity index (χ4n) is 1.96. The minimum atomic E-state index is -0.379. The van der Waals surface area contributed by atoms with Crippen molar-refractivity contribution in [3.05, 3.63) is 53.3 Å². The maximum atomic E-state index is 11.9. The molecular formula is C17H18ClN3O3. The molecule has 0 saturated heterocycles. The second-order valence-electron chi connectivity index (χ2n) is 4.89. The van der Waals surface area contributed by atoms with E-state index >= 15 is 0 Å². The van der Waals surface area contributed by atoms with Crippen LogP contribution in [-0.2, 0) is 9.53 Å². The van der Waals surface area contributed by atoms with Crippen LogP contribution in [0.5, 0.6) is 0 Å². The van der Waals surface area contributed by atoms with Gasteiger partial charge in [-0.2, -0.15) is 0 Å². The summed E-state index contributed by atoms with van der Waals surface area (Å²) in [4.78, 5) is 27.3. The summed E-state index contributed by atoms with van der Waals surface area (Å²) in [7, 11) is 0. The van der Waals surface area contributed by atoms with E-state index in [9.17, 15) is 9.59 Å². The molecule has 2 N–H and O–H groups in total. The lowest BCUT2D eigenvalue weighted by atomic mass is 10.2. The molecule has 0 aliphatic rings. The van der Waals surface area contributed by atoms with Crippen molar-refractivity contribution in [1.82, 2.24) is 4.98 Å². The van der Waals surface area contributed by atoms with E-state index in [1.165, 1.54) is 0 Å². The zero-order valence-corrected chi connectivity index (χ0v) is 14.0. The van der Waals surface area contributed by atoms with Gasteiger partial charge >= 0.3 is 5.97 Å². The summed E-state index contributed by atoms with van der Waals surface area (Å²) in [5.41, 5.74) is 1.88. The molecule has 1 aromatic carbocycles. The van der Waals surface area contributed by atoms with Gasteiger partial charge < -0.3 is 15.4 Å². The molecule has 0 bridgehead atoms. The van der Waals surface area contributed by atoms with Crippen LogP contribution >= 0.6 is 11.6 Å². The minimum Gasteiger partial charge on any atom is -0.462 e. The molecule has 0 unspecified atom stereocenters. The van der Waals surface area contributed by atoms with Crippen LogP contribution in [0.2, 0.25) is 5.15 Å². The van der Waals surface area contributed by atoms with E-state index in [1.807, 2.05) is 0 Å². The summed E-state index contributed by atoms with van der Waals surface area (Å²) in [6.07, 6.45) is 1.88. The average Bonchev–Trinajstić information content (AvgIpc) is 2.56. The van der Waals surface area contributed by atoms with Crippen LogP contribution in [0.15, 0.2) is 42.6 Å². The molecule has 2 rings (SSSR count). The van der Waals surface area contributed by atoms with Crippen LogP contribution in [0.1, 0.15) is 23.7 Å². The van der Waals surface area contributed by atoms with Crippen LogP contribution < -0.4 is 10.6 Å². The lowest BCUT2D eigenvalue weighted by Gasteiger charge is -2.08. The number of hydrogen-bond acceptors (Lipinski definition) is 5. The van der Waals surface area contributed by atoms with Crippen molar-refractivity contribution in [2.24, 2.45) is 0 Å². The zero-order valence-electron chi connectivity index (χ0n) is 13.2. The minimum absolute atomic E-state index is 0.133. The van der Waals surface area contributed by atoms with Crippen LogP contribution in [0.25, 0.3) is 0 Å². The number of amides is 1. The van der Waals surface area contributed by atoms with E-state index in [0.717, 1.165) is 5.69 Å². The Labute approximate surface area is 145 Å². The highest BCUT2D eigenvalue weighted by Crippen LogP contribution is 2.13. The molecule has 0 spiro atoms. The first-order valence-corrected chi connectivity index (χ1v) is 7.88. The van der Waals surface area contributed by atoms with Crippen LogP contribution in [-0.4, -0.2) is 30.0 Å². The first kappa shape index (κ1) is 17.7. The standard InChI is InChI=1S/C17H18ClN3O3/c1-2-24-17(23)12-3-5-13(6-4-12)21-16(22)8-10-19-14-7-9-20-15(18)11-14/h3-7,9,11H,2,8,10H2,1H3,(H,19,20)(H,21,22). The Morgan fingerprint density at radius 1 is 1.17 bits per heavy atom. The lowest BCUT2D eigenvalue weighted by molar-refractivity contribution is -0.115. The van der Waals surface area contributed by atoms with Crippen molar-refractivity contribution in [3.8, 4) is 0 Å². The normalized spacial score (nSPS) is 10.1. The maximum absolute atomic E-state index is 11.9. The topological polar surface area (TPSA) is 80.3 Å². The average molecular weight is 348 g/mol. The van der Waals surface area contributed by atoms with Gasteiger partial charge in [-0.3, -0.25) is 4.79 Å². The zero-order chi connectivity index (χ0) is 17.4. The van der Waals surface area contributed by atoms with Crippen molar-refractivity contribution >= 4 is 34.9 Å². The van der Waals surface area contributed by atoms with Gasteiger partial charge in [0.05, 0.1) is 12.2 Å². The molecule has 2 aromatic rings. The summed E-state index contributed by atoms with van der Waals surface area (Å²) in [6.45, 7) is 2.54. The van der Waals surface area contributed by atoms with Gasteiger partial charge in [0, 0.05) is 30.5 Å². The van der Waals surface area contributed by atoms with Gasteiger partial charge in [0.15, 0.2) is 0 Å². The van der Waals surface area contributed by atoms with Gasteiger partial charge in [0.1, 0.15) is 5.15 Å². The number of rotatable bonds is 7. The molecule has 7 heteroatoms. The number of benzene rings is 1. The molecule has 1 heterocycles. The number of carbonyl (C=O) groups is 2. The van der Waals surface area contributed by atoms with E-state index in [2.05, 4.69) is 15.6 Å². The summed E-state index contributed by atoms with van der Waals surface area (Å²) >= 11 is 5.79. The number of hydrogen-bond donors (Lipinski definition) is 2. The summed E-state index contributed by atoms with van der Waals surface area (Å²) < 4.78 is 4.90. The fraction of sp³-hybridized carbons (Fsp3) is 0.235. The first-order valence-electron chi connectivity index (χ1n) is 7.51. The van der Waals surface area contributed by atoms with Crippen molar-refractivity contribution in [1.29, 1.82) is 0 Å². The molecule has 6 nitrogen and oxygen atoms in total. The van der Waals surface area contributed by atoms with Gasteiger partial charge in [0.2, 0.25) is 5.91 Å². The Morgan fingerprint density at radius 2 is 1.92 bits per heavy atom. The molecular weight excluding hydrogens is 330 g/mol. The number of anilines is 2. The van der Waals surface area contributed by atoms with Crippen molar-refractivity contribution < 1.29 is 14.3 Å². The van der Waals surface area contributed by atoms with Gasteiger partial charge in [-0.1, -0.05) is 11.6 Å². The smallest absolute Gasteiger partial charge is 0.338 e. The van der Waals surface area contributed by atoms with E-state index < -0.39 is 0 Å². The number of halogens is 1. The Kier molecular flexibility index (Phi) is 6.57. The van der Waals surface area contributed by atoms with Gasteiger partial charge in [-0.15, -0.1) is 0 Å². The van der Waals surface area contributed by atoms with Crippen molar-refractivity contribution in [2.45, 2.75) is 13.3 Å². The fourth-order valence-corrected chi connectivity index (χ4v) is 2.13. The largest absolute Gasteiger partial charge is 0.462 e. The monoisotopic (exact) mass is 347 g/mol. The molecule has 0 saturated carbocycles. The Morgan fingerprint density at radius 3 is 2.58 bits per heavy atom. The number of carbonyl (C=O) groups excluding carboxylic acids is 2. The van der Waals surface area contributed by atoms with E-state index in [-0.39, 0.29) is 11.9 Å². The quantitative estimate of drug-likeness (QED) is 0.593. The highest BCUT2D eigenvalue weighted by atomic mass is 35.5. The number of esters is 1. The molecule has 0 radical (unpaired) electrons. The molecule has 1 aromatic heterocycles. The maximum Gasteiger partial charge on any atom is 0.338 e. The van der Waals surface area contributed by atoms with E-state index in [4.69, 9.17) is 16.3 Å². The van der Waals surface area contributed by atoms with Crippen LogP contribution in [0, 0.1) is 0 Å². The third-order valence-electron chi connectivity index (χ3n) is 3.09. The lowest BCUT2D eigenvalue weighted by Crippen LogP contribution is -2.16. The van der Waals surface area contributed by atoms with Crippen LogP contribution in [0.4, 0.5) is 11.4 Å². The molecule has 0 atom stereocenters. The SMILES string of the molecule is CCOC(=O)c1ccc(NC(=O)CCNc2ccnc(Cl)c2)cc1. The molecule has 1 amide bonds. The number of nitrogens with one attached hydrogen (secondary N) is 2. The Bertz CT molecular complexity index is 704. The first-order chi connectivity index (χ1) is 11.6.